The van der Waals surface area contributed by atoms with Gasteiger partial charge in [-0.2, -0.15) is 0 Å². The van der Waals surface area contributed by atoms with Crippen LogP contribution in [0.2, 0.25) is 0 Å². The standard InChI is InChI=1S/C14H11FN4O2/c15-10-5-11(7-13(6-10)19(20)21)16-8-12-9-18-4-2-1-3-14(18)17-12/h1-7,9,16H,8H2. The Morgan fingerprint density at radius 1 is 1.33 bits per heavy atom. The molecule has 1 N–H and O–H groups in total. The average molecular weight is 286 g/mol. The minimum absolute atomic E-state index is 0.285. The van der Waals surface area contributed by atoms with Crippen LogP contribution in [0, 0.1) is 15.9 Å². The van der Waals surface area contributed by atoms with Gasteiger partial charge in [-0.1, -0.05) is 6.07 Å². The van der Waals surface area contributed by atoms with Gasteiger partial charge in [0.1, 0.15) is 11.5 Å². The summed E-state index contributed by atoms with van der Waals surface area (Å²) < 4.78 is 15.2. The number of nitro groups is 1. The Bertz CT molecular complexity index is 783. The average Bonchev–Trinajstić information content (AvgIpc) is 2.87. The fourth-order valence-electron chi connectivity index (χ4n) is 2.05. The molecule has 1 aromatic carbocycles. The minimum Gasteiger partial charge on any atom is -0.379 e. The van der Waals surface area contributed by atoms with E-state index in [4.69, 9.17) is 0 Å². The highest BCUT2D eigenvalue weighted by Gasteiger charge is 2.10. The largest absolute Gasteiger partial charge is 0.379 e. The van der Waals surface area contributed by atoms with Crippen molar-refractivity contribution in [2.24, 2.45) is 0 Å². The molecule has 3 rings (SSSR count). The van der Waals surface area contributed by atoms with Crippen LogP contribution in [0.1, 0.15) is 5.69 Å². The molecule has 2 aromatic heterocycles. The lowest BCUT2D eigenvalue weighted by atomic mass is 10.2. The third kappa shape index (κ3) is 2.81. The monoisotopic (exact) mass is 286 g/mol. The molecule has 21 heavy (non-hydrogen) atoms. The second-order valence-corrected chi connectivity index (χ2v) is 4.51. The van der Waals surface area contributed by atoms with Gasteiger partial charge in [0.05, 0.1) is 23.2 Å². The fraction of sp³-hybridized carbons (Fsp3) is 0.0714. The van der Waals surface area contributed by atoms with Gasteiger partial charge < -0.3 is 9.72 Å². The summed E-state index contributed by atoms with van der Waals surface area (Å²) in [6, 6.07) is 9.03. The smallest absolute Gasteiger partial charge is 0.274 e. The van der Waals surface area contributed by atoms with Crippen molar-refractivity contribution >= 4 is 17.0 Å². The number of fused-ring (bicyclic) bond motifs is 1. The molecule has 0 fully saturated rings. The van der Waals surface area contributed by atoms with Gasteiger partial charge in [-0.25, -0.2) is 9.37 Å². The van der Waals surface area contributed by atoms with Crippen LogP contribution >= 0.6 is 0 Å². The SMILES string of the molecule is O=[N+]([O-])c1cc(F)cc(NCc2cn3ccccc3n2)c1. The van der Waals surface area contributed by atoms with Crippen molar-refractivity contribution in [2.45, 2.75) is 6.54 Å². The van der Waals surface area contributed by atoms with Gasteiger partial charge in [-0.15, -0.1) is 0 Å². The Hall–Kier alpha value is -2.96. The van der Waals surface area contributed by atoms with Crippen LogP contribution in [0.25, 0.3) is 5.65 Å². The summed E-state index contributed by atoms with van der Waals surface area (Å²) in [7, 11) is 0. The second kappa shape index (κ2) is 5.20. The molecule has 0 amide bonds. The molecule has 2 heterocycles. The molecule has 0 aliphatic heterocycles. The Morgan fingerprint density at radius 3 is 2.95 bits per heavy atom. The zero-order valence-corrected chi connectivity index (χ0v) is 10.9. The Labute approximate surface area is 119 Å². The molecule has 0 spiro atoms. The lowest BCUT2D eigenvalue weighted by Crippen LogP contribution is -2.01. The highest BCUT2D eigenvalue weighted by molar-refractivity contribution is 5.52. The Kier molecular flexibility index (Phi) is 3.23. The Balaban J connectivity index is 1.79. The van der Waals surface area contributed by atoms with Gasteiger partial charge in [0.25, 0.3) is 5.69 Å². The first-order valence-electron chi connectivity index (χ1n) is 6.23. The molecule has 106 valence electrons. The lowest BCUT2D eigenvalue weighted by molar-refractivity contribution is -0.385. The first kappa shape index (κ1) is 13.0. The van der Waals surface area contributed by atoms with Crippen LogP contribution in [-0.4, -0.2) is 14.3 Å². The summed E-state index contributed by atoms with van der Waals surface area (Å²) in [4.78, 5) is 14.4. The number of non-ortho nitro benzene ring substituents is 1. The first-order chi connectivity index (χ1) is 10.1. The minimum atomic E-state index is -0.651. The predicted octanol–water partition coefficient (Wildman–Crippen LogP) is 2.99. The molecule has 0 bridgehead atoms. The van der Waals surface area contributed by atoms with E-state index in [-0.39, 0.29) is 5.69 Å². The number of nitrogens with one attached hydrogen (secondary N) is 1. The van der Waals surface area contributed by atoms with Gasteiger partial charge in [0.2, 0.25) is 0 Å². The van der Waals surface area contributed by atoms with E-state index in [9.17, 15) is 14.5 Å². The summed E-state index contributed by atoms with van der Waals surface area (Å²) in [5.41, 5.74) is 1.62. The van der Waals surface area contributed by atoms with Crippen molar-refractivity contribution in [1.29, 1.82) is 0 Å². The maximum absolute atomic E-state index is 13.3. The van der Waals surface area contributed by atoms with Crippen LogP contribution in [-0.2, 0) is 6.54 Å². The van der Waals surface area contributed by atoms with Crippen LogP contribution in [0.5, 0.6) is 0 Å². The van der Waals surface area contributed by atoms with Crippen molar-refractivity contribution < 1.29 is 9.31 Å². The quantitative estimate of drug-likeness (QED) is 0.591. The van der Waals surface area contributed by atoms with E-state index >= 15 is 0 Å². The number of rotatable bonds is 4. The third-order valence-electron chi connectivity index (χ3n) is 2.98. The zero-order valence-electron chi connectivity index (χ0n) is 10.9. The summed E-state index contributed by atoms with van der Waals surface area (Å²) in [6.07, 6.45) is 3.72. The van der Waals surface area contributed by atoms with Gasteiger partial charge >= 0.3 is 0 Å². The van der Waals surface area contributed by atoms with E-state index in [1.807, 2.05) is 35.0 Å². The first-order valence-corrected chi connectivity index (χ1v) is 6.23. The number of nitrogens with zero attached hydrogens (tertiary/aromatic N) is 3. The van der Waals surface area contributed by atoms with Crippen molar-refractivity contribution in [3.05, 3.63) is 70.4 Å². The fourth-order valence-corrected chi connectivity index (χ4v) is 2.05. The highest BCUT2D eigenvalue weighted by Crippen LogP contribution is 2.20. The summed E-state index contributed by atoms with van der Waals surface area (Å²) in [6.45, 7) is 0.349. The number of halogens is 1. The molecule has 0 unspecified atom stereocenters. The lowest BCUT2D eigenvalue weighted by Gasteiger charge is -2.04. The van der Waals surface area contributed by atoms with E-state index < -0.39 is 10.7 Å². The van der Waals surface area contributed by atoms with Crippen molar-refractivity contribution in [3.8, 4) is 0 Å². The van der Waals surface area contributed by atoms with Crippen LogP contribution in [0.15, 0.2) is 48.8 Å². The third-order valence-corrected chi connectivity index (χ3v) is 2.98. The van der Waals surface area contributed by atoms with Crippen LogP contribution < -0.4 is 5.32 Å². The highest BCUT2D eigenvalue weighted by atomic mass is 19.1. The molecule has 3 aromatic rings. The number of hydrogen-bond acceptors (Lipinski definition) is 4. The number of anilines is 1. The van der Waals surface area contributed by atoms with Crippen molar-refractivity contribution in [1.82, 2.24) is 9.38 Å². The van der Waals surface area contributed by atoms with Crippen LogP contribution in [0.4, 0.5) is 15.8 Å². The van der Waals surface area contributed by atoms with Gasteiger partial charge in [0, 0.05) is 24.1 Å². The summed E-state index contributed by atoms with van der Waals surface area (Å²) in [5, 5.41) is 13.6. The molecule has 0 saturated carbocycles. The van der Waals surface area contributed by atoms with Gasteiger partial charge in [0.15, 0.2) is 0 Å². The Morgan fingerprint density at radius 2 is 2.19 bits per heavy atom. The molecule has 0 aliphatic rings. The van der Waals surface area contributed by atoms with E-state index in [0.717, 1.165) is 17.4 Å². The number of hydrogen-bond donors (Lipinski definition) is 1. The molecule has 6 nitrogen and oxygen atoms in total. The normalized spacial score (nSPS) is 10.7. The molecule has 7 heteroatoms. The number of benzene rings is 1. The number of aromatic nitrogens is 2. The molecule has 0 radical (unpaired) electrons. The second-order valence-electron chi connectivity index (χ2n) is 4.51. The van der Waals surface area contributed by atoms with Crippen molar-refractivity contribution in [3.63, 3.8) is 0 Å². The van der Waals surface area contributed by atoms with E-state index in [2.05, 4.69) is 10.3 Å². The molecular formula is C14H11FN4O2. The van der Waals surface area contributed by atoms with E-state index in [1.165, 1.54) is 12.1 Å². The van der Waals surface area contributed by atoms with Crippen LogP contribution in [0.3, 0.4) is 0 Å². The van der Waals surface area contributed by atoms with E-state index in [0.29, 0.717) is 12.2 Å². The maximum atomic E-state index is 13.3. The molecule has 0 atom stereocenters. The van der Waals surface area contributed by atoms with Crippen molar-refractivity contribution in [2.75, 3.05) is 5.32 Å². The number of imidazole rings is 1. The summed E-state index contributed by atoms with van der Waals surface area (Å²) in [5.74, 6) is -0.651. The van der Waals surface area contributed by atoms with Gasteiger partial charge in [-0.3, -0.25) is 10.1 Å². The zero-order chi connectivity index (χ0) is 14.8. The molecule has 0 saturated heterocycles. The predicted molar refractivity (Wildman–Crippen MR) is 75.6 cm³/mol. The number of pyridine rings is 1. The number of nitro benzene ring substituents is 1. The maximum Gasteiger partial charge on any atom is 0.274 e. The molecular weight excluding hydrogens is 275 g/mol. The summed E-state index contributed by atoms with van der Waals surface area (Å²) >= 11 is 0. The molecule has 0 aliphatic carbocycles. The topological polar surface area (TPSA) is 72.5 Å². The van der Waals surface area contributed by atoms with Gasteiger partial charge in [-0.05, 0) is 18.2 Å². The van der Waals surface area contributed by atoms with E-state index in [1.54, 1.807) is 0 Å².